The lowest BCUT2D eigenvalue weighted by Crippen LogP contribution is -2.32. The molecule has 0 bridgehead atoms. The summed E-state index contributed by atoms with van der Waals surface area (Å²) in [6.45, 7) is 13.9. The molecule has 0 aromatic carbocycles. The molecule has 0 radical (unpaired) electrons. The molecule has 2 nitrogen and oxygen atoms in total. The van der Waals surface area contributed by atoms with Gasteiger partial charge in [0.15, 0.2) is 24.8 Å². The Hall–Kier alpha value is -1.70. The molecule has 0 aliphatic rings. The number of aromatic nitrogens is 2. The molecule has 2 rings (SSSR count). The van der Waals surface area contributed by atoms with Crippen molar-refractivity contribution < 1.29 is 9.13 Å². The summed E-state index contributed by atoms with van der Waals surface area (Å²) in [6, 6.07) is 9.58. The van der Waals surface area contributed by atoms with E-state index in [-0.39, 0.29) is 0 Å². The van der Waals surface area contributed by atoms with E-state index in [0.717, 1.165) is 5.92 Å². The van der Waals surface area contributed by atoms with Gasteiger partial charge in [0.1, 0.15) is 13.1 Å². The Labute approximate surface area is 556 Å². The Morgan fingerprint density at radius 3 is 0.602 bits per heavy atom. The topological polar surface area (TPSA) is 7.76 Å². The summed E-state index contributed by atoms with van der Waals surface area (Å²) < 4.78 is 4.82. The van der Waals surface area contributed by atoms with Crippen LogP contribution in [0.15, 0.2) is 49.1 Å². The molecule has 0 aliphatic carbocycles. The number of hydrogen-bond acceptors (Lipinski definition) is 0. The van der Waals surface area contributed by atoms with Crippen molar-refractivity contribution in [3.05, 3.63) is 60.2 Å². The Balaban J connectivity index is 0.000000957. The molecular weight excluding hydrogens is 1060 g/mol. The van der Waals surface area contributed by atoms with Crippen LogP contribution in [0.25, 0.3) is 0 Å². The largest absolute Gasteiger partial charge is 0.205 e. The first-order chi connectivity index (χ1) is 43.7. The smallest absolute Gasteiger partial charge is 0.169 e. The molecular formula is C86H164N2+2. The molecule has 0 N–H and O–H groups in total. The van der Waals surface area contributed by atoms with Crippen LogP contribution in [0.2, 0.25) is 0 Å². The van der Waals surface area contributed by atoms with Crippen molar-refractivity contribution in [2.45, 2.75) is 490 Å². The van der Waals surface area contributed by atoms with E-state index in [4.69, 9.17) is 0 Å². The van der Waals surface area contributed by atoms with Crippen LogP contribution in [0.4, 0.5) is 0 Å². The lowest BCUT2D eigenvalue weighted by Gasteiger charge is -2.16. The zero-order chi connectivity index (χ0) is 63.0. The second-order valence-corrected chi connectivity index (χ2v) is 29.1. The van der Waals surface area contributed by atoms with E-state index in [9.17, 15) is 0 Å². The van der Waals surface area contributed by atoms with Gasteiger partial charge in [0.05, 0.1) is 0 Å². The highest BCUT2D eigenvalue weighted by Gasteiger charge is 2.13. The van der Waals surface area contributed by atoms with E-state index in [0.29, 0.717) is 0 Å². The van der Waals surface area contributed by atoms with Crippen LogP contribution in [0.3, 0.4) is 0 Å². The average molecular weight is 1230 g/mol. The van der Waals surface area contributed by atoms with Crippen molar-refractivity contribution in [2.24, 2.45) is 0 Å². The molecule has 0 atom stereocenters. The minimum atomic E-state index is 0.773. The molecule has 88 heavy (non-hydrogen) atoms. The molecule has 0 spiro atoms. The molecule has 0 saturated carbocycles. The Bertz CT molecular complexity index is 1540. The quantitative estimate of drug-likeness (QED) is 0.0461. The zero-order valence-corrected chi connectivity index (χ0v) is 61.6. The van der Waals surface area contributed by atoms with E-state index in [1.165, 1.54) is 455 Å². The van der Waals surface area contributed by atoms with Crippen LogP contribution in [0.5, 0.6) is 0 Å². The number of rotatable bonds is 71. The standard InChI is InChI=1S/C52H100N.C34H64N/c1-3-5-7-9-11-13-15-17-19-21-23-25-26-27-28-30-32-34-36-38-40-42-44-46-52-47-50-53(51-48-52)49-45-43-41-39-37-35-33-31-29-24-22-20-18-16-14-12-10-8-6-4-2;1-4-7-10-11-12-13-14-15-16-17-18-19-20-21-22-23-24-25-30-35-31-28-34(29-32-35)33(26-8-5-2)27-9-6-3/h47-48,50-51H,3-46,49H2,1-2H3;28-29,31-33H,4-27,30H2,1-3H3/q2*+1. The summed E-state index contributed by atoms with van der Waals surface area (Å²) in [5.74, 6) is 0.773. The van der Waals surface area contributed by atoms with Crippen LogP contribution in [0, 0.1) is 0 Å². The van der Waals surface area contributed by atoms with Gasteiger partial charge in [0, 0.05) is 37.1 Å². The molecule has 0 amide bonds. The first-order valence-electron chi connectivity index (χ1n) is 41.6. The maximum absolute atomic E-state index is 2.41. The lowest BCUT2D eigenvalue weighted by molar-refractivity contribution is -0.697. The molecule has 2 heterocycles. The van der Waals surface area contributed by atoms with Gasteiger partial charge in [-0.15, -0.1) is 0 Å². The Morgan fingerprint density at radius 1 is 0.205 bits per heavy atom. The number of unbranched alkanes of at least 4 members (excludes halogenated alkanes) is 60. The van der Waals surface area contributed by atoms with Gasteiger partial charge < -0.3 is 0 Å². The van der Waals surface area contributed by atoms with E-state index in [1.807, 2.05) is 0 Å². The lowest BCUT2D eigenvalue weighted by atomic mass is 9.89. The second kappa shape index (κ2) is 72.7. The van der Waals surface area contributed by atoms with Gasteiger partial charge in [-0.25, -0.2) is 9.13 Å². The first-order valence-corrected chi connectivity index (χ1v) is 41.6. The summed E-state index contributed by atoms with van der Waals surface area (Å²) in [4.78, 5) is 0. The molecule has 0 fully saturated rings. The van der Waals surface area contributed by atoms with Gasteiger partial charge in [-0.1, -0.05) is 420 Å². The monoisotopic (exact) mass is 1230 g/mol. The van der Waals surface area contributed by atoms with Crippen molar-refractivity contribution in [3.8, 4) is 0 Å². The van der Waals surface area contributed by atoms with Gasteiger partial charge in [0.2, 0.25) is 0 Å². The fourth-order valence-corrected chi connectivity index (χ4v) is 13.9. The van der Waals surface area contributed by atoms with Crippen molar-refractivity contribution in [1.29, 1.82) is 0 Å². The predicted octanol–water partition coefficient (Wildman–Crippen LogP) is 29.8. The fourth-order valence-electron chi connectivity index (χ4n) is 13.9. The third kappa shape index (κ3) is 61.8. The number of hydrogen-bond donors (Lipinski definition) is 0. The highest BCUT2D eigenvalue weighted by Crippen LogP contribution is 2.27. The van der Waals surface area contributed by atoms with E-state index >= 15 is 0 Å². The molecule has 0 unspecified atom stereocenters. The molecule has 0 aliphatic heterocycles. The average Bonchev–Trinajstić information content (AvgIpc) is 3.69. The molecule has 516 valence electrons. The maximum atomic E-state index is 2.41. The molecule has 2 heteroatoms. The van der Waals surface area contributed by atoms with Crippen molar-refractivity contribution in [1.82, 2.24) is 0 Å². The van der Waals surface area contributed by atoms with Crippen LogP contribution in [-0.4, -0.2) is 0 Å². The van der Waals surface area contributed by atoms with E-state index < -0.39 is 0 Å². The summed E-state index contributed by atoms with van der Waals surface area (Å²) in [5, 5.41) is 0. The molecule has 2 aromatic heterocycles. The predicted molar refractivity (Wildman–Crippen MR) is 397 cm³/mol. The minimum absolute atomic E-state index is 0.773. The van der Waals surface area contributed by atoms with Crippen LogP contribution >= 0.6 is 0 Å². The van der Waals surface area contributed by atoms with Crippen LogP contribution in [0.1, 0.15) is 482 Å². The zero-order valence-electron chi connectivity index (χ0n) is 61.6. The summed E-state index contributed by atoms with van der Waals surface area (Å²) >= 11 is 0. The van der Waals surface area contributed by atoms with Crippen molar-refractivity contribution >= 4 is 0 Å². The maximum Gasteiger partial charge on any atom is 0.169 e. The highest BCUT2D eigenvalue weighted by molar-refractivity contribution is 5.14. The SMILES string of the molecule is CCCCCCCCCCCCCCCCCCCCCCCCCc1cc[n+](CCCCCCCCCCCCCCCCCCCCCC)cc1.CCCCCCCCCCCCCCCCCCCC[n+]1ccc(C(CCCC)CCCC)cc1. The van der Waals surface area contributed by atoms with Crippen molar-refractivity contribution in [2.75, 3.05) is 0 Å². The van der Waals surface area contributed by atoms with Crippen LogP contribution in [-0.2, 0) is 19.5 Å². The van der Waals surface area contributed by atoms with Gasteiger partial charge in [0.25, 0.3) is 0 Å². The Kier molecular flexibility index (Phi) is 69.7. The summed E-state index contributed by atoms with van der Waals surface area (Å²) in [7, 11) is 0. The third-order valence-electron chi connectivity index (χ3n) is 20.3. The summed E-state index contributed by atoms with van der Waals surface area (Å²) in [6.07, 6.45) is 107. The molecule has 2 aromatic rings. The first kappa shape index (κ1) is 84.3. The summed E-state index contributed by atoms with van der Waals surface area (Å²) in [5.41, 5.74) is 3.11. The number of nitrogens with zero attached hydrogens (tertiary/aromatic N) is 2. The fraction of sp³-hybridized carbons (Fsp3) is 0.884. The Morgan fingerprint density at radius 2 is 0.386 bits per heavy atom. The number of pyridine rings is 2. The van der Waals surface area contributed by atoms with Gasteiger partial charge in [-0.05, 0) is 55.6 Å². The minimum Gasteiger partial charge on any atom is -0.205 e. The van der Waals surface area contributed by atoms with Gasteiger partial charge in [-0.2, -0.15) is 0 Å². The van der Waals surface area contributed by atoms with Gasteiger partial charge in [-0.3, -0.25) is 0 Å². The highest BCUT2D eigenvalue weighted by atomic mass is 14.9. The van der Waals surface area contributed by atoms with Crippen LogP contribution < -0.4 is 9.13 Å². The van der Waals surface area contributed by atoms with Crippen molar-refractivity contribution in [3.63, 3.8) is 0 Å². The molecule has 0 saturated heterocycles. The number of aryl methyl sites for hydroxylation is 3. The second-order valence-electron chi connectivity index (χ2n) is 29.1. The van der Waals surface area contributed by atoms with E-state index in [1.54, 1.807) is 5.56 Å². The normalized spacial score (nSPS) is 11.6. The third-order valence-corrected chi connectivity index (χ3v) is 20.3. The van der Waals surface area contributed by atoms with E-state index in [2.05, 4.69) is 92.8 Å². The van der Waals surface area contributed by atoms with Gasteiger partial charge >= 0.3 is 0 Å².